The summed E-state index contributed by atoms with van der Waals surface area (Å²) in [5.74, 6) is -0.750. The molecule has 0 bridgehead atoms. The predicted molar refractivity (Wildman–Crippen MR) is 64.7 cm³/mol. The second-order valence-electron chi connectivity index (χ2n) is 5.48. The first kappa shape index (κ1) is 10.8. The van der Waals surface area contributed by atoms with Gasteiger partial charge in [-0.2, -0.15) is 0 Å². The average Bonchev–Trinajstić information content (AvgIpc) is 2.99. The summed E-state index contributed by atoms with van der Waals surface area (Å²) in [5.41, 5.74) is 2.80. The Morgan fingerprint density at radius 2 is 1.88 bits per heavy atom. The maximum atomic E-state index is 10.8. The molecule has 1 saturated heterocycles. The summed E-state index contributed by atoms with van der Waals surface area (Å²) < 4.78 is 0. The lowest BCUT2D eigenvalue weighted by Crippen LogP contribution is -2.47. The fraction of sp³-hybridized carbons (Fsp3) is 0.500. The fourth-order valence-corrected chi connectivity index (χ4v) is 2.80. The molecule has 3 heteroatoms. The summed E-state index contributed by atoms with van der Waals surface area (Å²) in [5, 5.41) is 8.88. The van der Waals surface area contributed by atoms with Crippen LogP contribution in [-0.2, 0) is 17.8 Å². The van der Waals surface area contributed by atoms with Gasteiger partial charge in [-0.25, -0.2) is 0 Å². The van der Waals surface area contributed by atoms with Crippen LogP contribution < -0.4 is 0 Å². The minimum atomic E-state index is -0.750. The number of hydrogen-bond acceptors (Lipinski definition) is 2. The summed E-state index contributed by atoms with van der Waals surface area (Å²) in [6.07, 6.45) is 2.91. The molecule has 2 aliphatic rings. The molecule has 1 heterocycles. The highest BCUT2D eigenvalue weighted by atomic mass is 16.4. The molecule has 90 valence electrons. The molecule has 1 aromatic carbocycles. The van der Waals surface area contributed by atoms with E-state index in [1.165, 1.54) is 31.5 Å². The maximum absolute atomic E-state index is 10.8. The summed E-state index contributed by atoms with van der Waals surface area (Å²) >= 11 is 0. The SMILES string of the molecule is O=C(O)Cc1ccccc1CN1CC2(CC2)C1. The van der Waals surface area contributed by atoms with Gasteiger partial charge in [0.2, 0.25) is 0 Å². The molecule has 3 nitrogen and oxygen atoms in total. The summed E-state index contributed by atoms with van der Waals surface area (Å²) in [6.45, 7) is 3.31. The van der Waals surface area contributed by atoms with Crippen LogP contribution >= 0.6 is 0 Å². The smallest absolute Gasteiger partial charge is 0.307 e. The minimum Gasteiger partial charge on any atom is -0.481 e. The van der Waals surface area contributed by atoms with Crippen LogP contribution in [0.15, 0.2) is 24.3 Å². The van der Waals surface area contributed by atoms with Crippen molar-refractivity contribution in [2.24, 2.45) is 5.41 Å². The van der Waals surface area contributed by atoms with Crippen LogP contribution in [0.5, 0.6) is 0 Å². The Balaban J connectivity index is 1.67. The molecule has 0 aromatic heterocycles. The molecule has 1 saturated carbocycles. The van der Waals surface area contributed by atoms with Crippen LogP contribution in [0.4, 0.5) is 0 Å². The lowest BCUT2D eigenvalue weighted by atomic mass is 9.95. The van der Waals surface area contributed by atoms with Gasteiger partial charge >= 0.3 is 5.97 Å². The van der Waals surface area contributed by atoms with Gasteiger partial charge in [0.15, 0.2) is 0 Å². The zero-order valence-electron chi connectivity index (χ0n) is 9.85. The molecule has 3 rings (SSSR count). The van der Waals surface area contributed by atoms with E-state index in [0.29, 0.717) is 5.41 Å². The molecular formula is C14H17NO2. The molecule has 1 N–H and O–H groups in total. The van der Waals surface area contributed by atoms with Gasteiger partial charge in [-0.3, -0.25) is 9.69 Å². The Labute approximate surface area is 101 Å². The van der Waals surface area contributed by atoms with E-state index in [1.807, 2.05) is 18.2 Å². The van der Waals surface area contributed by atoms with Crippen molar-refractivity contribution in [3.63, 3.8) is 0 Å². The van der Waals surface area contributed by atoms with Crippen LogP contribution in [0.2, 0.25) is 0 Å². The third kappa shape index (κ3) is 2.20. The topological polar surface area (TPSA) is 40.5 Å². The van der Waals surface area contributed by atoms with Gasteiger partial charge in [0.25, 0.3) is 0 Å². The van der Waals surface area contributed by atoms with E-state index in [2.05, 4.69) is 11.0 Å². The van der Waals surface area contributed by atoms with E-state index < -0.39 is 5.97 Å². The van der Waals surface area contributed by atoms with Crippen molar-refractivity contribution in [1.29, 1.82) is 0 Å². The van der Waals surface area contributed by atoms with E-state index in [0.717, 1.165) is 12.1 Å². The fourth-order valence-electron chi connectivity index (χ4n) is 2.80. The Morgan fingerprint density at radius 3 is 2.47 bits per heavy atom. The zero-order valence-corrected chi connectivity index (χ0v) is 9.85. The second kappa shape index (κ2) is 3.84. The second-order valence-corrected chi connectivity index (χ2v) is 5.48. The van der Waals surface area contributed by atoms with Crippen LogP contribution in [-0.4, -0.2) is 29.1 Å². The van der Waals surface area contributed by atoms with Crippen molar-refractivity contribution >= 4 is 5.97 Å². The van der Waals surface area contributed by atoms with E-state index in [9.17, 15) is 4.79 Å². The number of likely N-dealkylation sites (tertiary alicyclic amines) is 1. The van der Waals surface area contributed by atoms with Gasteiger partial charge in [0.05, 0.1) is 6.42 Å². The Morgan fingerprint density at radius 1 is 1.24 bits per heavy atom. The first-order valence-electron chi connectivity index (χ1n) is 6.18. The molecule has 1 aliphatic carbocycles. The van der Waals surface area contributed by atoms with Crippen LogP contribution in [0, 0.1) is 5.41 Å². The first-order valence-corrected chi connectivity index (χ1v) is 6.18. The largest absolute Gasteiger partial charge is 0.481 e. The summed E-state index contributed by atoms with van der Waals surface area (Å²) in [6, 6.07) is 7.89. The Kier molecular flexibility index (Phi) is 2.44. The lowest BCUT2D eigenvalue weighted by molar-refractivity contribution is -0.136. The molecule has 0 amide bonds. The third-order valence-electron chi connectivity index (χ3n) is 3.93. The number of hydrogen-bond donors (Lipinski definition) is 1. The third-order valence-corrected chi connectivity index (χ3v) is 3.93. The number of aliphatic carboxylic acids is 1. The average molecular weight is 231 g/mol. The number of rotatable bonds is 4. The number of carboxylic acids is 1. The summed E-state index contributed by atoms with van der Waals surface area (Å²) in [4.78, 5) is 13.2. The van der Waals surface area contributed by atoms with Gasteiger partial charge in [0.1, 0.15) is 0 Å². The number of carboxylic acid groups (broad SMARTS) is 1. The molecule has 1 aliphatic heterocycles. The van der Waals surface area contributed by atoms with Crippen molar-refractivity contribution in [2.45, 2.75) is 25.8 Å². The molecule has 1 spiro atoms. The number of nitrogens with zero attached hydrogens (tertiary/aromatic N) is 1. The normalized spacial score (nSPS) is 21.2. The monoisotopic (exact) mass is 231 g/mol. The molecule has 1 aromatic rings. The molecule has 0 unspecified atom stereocenters. The van der Waals surface area contributed by atoms with Crippen molar-refractivity contribution in [3.8, 4) is 0 Å². The summed E-state index contributed by atoms with van der Waals surface area (Å²) in [7, 11) is 0. The molecule has 17 heavy (non-hydrogen) atoms. The molecule has 0 atom stereocenters. The van der Waals surface area contributed by atoms with Crippen molar-refractivity contribution < 1.29 is 9.90 Å². The first-order chi connectivity index (χ1) is 8.17. The number of benzene rings is 1. The highest BCUT2D eigenvalue weighted by Crippen LogP contribution is 2.53. The van der Waals surface area contributed by atoms with Gasteiger partial charge in [-0.05, 0) is 29.4 Å². The minimum absolute atomic E-state index is 0.134. The molecule has 2 fully saturated rings. The van der Waals surface area contributed by atoms with E-state index in [4.69, 9.17) is 5.11 Å². The lowest BCUT2D eigenvalue weighted by Gasteiger charge is -2.40. The van der Waals surface area contributed by atoms with Gasteiger partial charge < -0.3 is 5.11 Å². The van der Waals surface area contributed by atoms with E-state index in [-0.39, 0.29) is 6.42 Å². The van der Waals surface area contributed by atoms with Crippen LogP contribution in [0.25, 0.3) is 0 Å². The van der Waals surface area contributed by atoms with Crippen LogP contribution in [0.1, 0.15) is 24.0 Å². The van der Waals surface area contributed by atoms with Crippen molar-refractivity contribution in [2.75, 3.05) is 13.1 Å². The highest BCUT2D eigenvalue weighted by Gasteiger charge is 2.51. The van der Waals surface area contributed by atoms with Gasteiger partial charge in [0, 0.05) is 19.6 Å². The predicted octanol–water partition coefficient (Wildman–Crippen LogP) is 1.91. The Hall–Kier alpha value is -1.35. The zero-order chi connectivity index (χ0) is 11.9. The van der Waals surface area contributed by atoms with Gasteiger partial charge in [-0.1, -0.05) is 24.3 Å². The standard InChI is InChI=1S/C14H17NO2/c16-13(17)7-11-3-1-2-4-12(11)8-15-9-14(10-15)5-6-14/h1-4H,5-10H2,(H,16,17). The molecule has 0 radical (unpaired) electrons. The number of carbonyl (C=O) groups is 1. The Bertz CT molecular complexity index is 443. The molecular weight excluding hydrogens is 214 g/mol. The van der Waals surface area contributed by atoms with E-state index >= 15 is 0 Å². The highest BCUT2D eigenvalue weighted by molar-refractivity contribution is 5.70. The van der Waals surface area contributed by atoms with Crippen LogP contribution in [0.3, 0.4) is 0 Å². The quantitative estimate of drug-likeness (QED) is 0.860. The van der Waals surface area contributed by atoms with Gasteiger partial charge in [-0.15, -0.1) is 0 Å². The van der Waals surface area contributed by atoms with E-state index in [1.54, 1.807) is 0 Å². The maximum Gasteiger partial charge on any atom is 0.307 e. The van der Waals surface area contributed by atoms with Crippen molar-refractivity contribution in [3.05, 3.63) is 35.4 Å². The van der Waals surface area contributed by atoms with Crippen molar-refractivity contribution in [1.82, 2.24) is 4.90 Å².